The minimum absolute atomic E-state index is 0.0388. The fourth-order valence-corrected chi connectivity index (χ4v) is 3.89. The second-order valence-corrected chi connectivity index (χ2v) is 7.77. The molecular formula is C18H27NO2S. The Morgan fingerprint density at radius 3 is 2.68 bits per heavy atom. The Kier molecular flexibility index (Phi) is 6.77. The van der Waals surface area contributed by atoms with E-state index in [9.17, 15) is 9.90 Å². The molecule has 122 valence electrons. The molecule has 1 fully saturated rings. The number of thioether (sulfide) groups is 1. The van der Waals surface area contributed by atoms with Crippen LogP contribution in [-0.2, 0) is 11.2 Å². The Labute approximate surface area is 137 Å². The van der Waals surface area contributed by atoms with Crippen LogP contribution in [0.4, 0.5) is 0 Å². The first-order chi connectivity index (χ1) is 10.6. The van der Waals surface area contributed by atoms with E-state index in [4.69, 9.17) is 0 Å². The lowest BCUT2D eigenvalue weighted by molar-refractivity contribution is -0.119. The van der Waals surface area contributed by atoms with E-state index in [0.717, 1.165) is 6.42 Å². The third kappa shape index (κ3) is 6.41. The molecule has 1 unspecified atom stereocenters. The zero-order valence-electron chi connectivity index (χ0n) is 13.4. The Hall–Kier alpha value is -1.000. The van der Waals surface area contributed by atoms with Gasteiger partial charge in [0.15, 0.2) is 0 Å². The summed E-state index contributed by atoms with van der Waals surface area (Å²) in [5.74, 6) is 0.552. The lowest BCUT2D eigenvalue weighted by Gasteiger charge is -2.24. The van der Waals surface area contributed by atoms with Gasteiger partial charge in [-0.1, -0.05) is 43.2 Å². The number of carbonyl (C=O) groups is 1. The predicted octanol–water partition coefficient (Wildman–Crippen LogP) is 3.16. The number of aryl methyl sites for hydroxylation is 1. The van der Waals surface area contributed by atoms with Gasteiger partial charge >= 0.3 is 0 Å². The van der Waals surface area contributed by atoms with E-state index < -0.39 is 5.60 Å². The third-order valence-electron chi connectivity index (χ3n) is 4.21. The monoisotopic (exact) mass is 321 g/mol. The molecule has 0 heterocycles. The number of nitrogens with one attached hydrogen (secondary N) is 1. The first-order valence-corrected chi connectivity index (χ1v) is 9.25. The number of aliphatic hydroxyl groups is 1. The summed E-state index contributed by atoms with van der Waals surface area (Å²) in [4.78, 5) is 11.9. The molecule has 4 heteroatoms. The normalized spacial score (nSPS) is 18.1. The van der Waals surface area contributed by atoms with Crippen LogP contribution in [0.5, 0.6) is 0 Å². The Morgan fingerprint density at radius 2 is 2.00 bits per heavy atom. The molecule has 0 spiro atoms. The highest BCUT2D eigenvalue weighted by molar-refractivity contribution is 8.00. The lowest BCUT2D eigenvalue weighted by Crippen LogP contribution is -2.41. The van der Waals surface area contributed by atoms with Crippen LogP contribution in [-0.4, -0.2) is 34.2 Å². The van der Waals surface area contributed by atoms with E-state index >= 15 is 0 Å². The topological polar surface area (TPSA) is 49.3 Å². The van der Waals surface area contributed by atoms with Crippen LogP contribution in [0.3, 0.4) is 0 Å². The van der Waals surface area contributed by atoms with Gasteiger partial charge in [-0.2, -0.15) is 0 Å². The number of amides is 1. The minimum atomic E-state index is -0.858. The van der Waals surface area contributed by atoms with E-state index in [-0.39, 0.29) is 5.91 Å². The number of rotatable bonds is 8. The molecule has 0 aromatic heterocycles. The zero-order valence-corrected chi connectivity index (χ0v) is 14.2. The summed E-state index contributed by atoms with van der Waals surface area (Å²) in [6, 6.07) is 10.1. The zero-order chi connectivity index (χ0) is 15.8. The molecule has 1 aromatic carbocycles. The van der Waals surface area contributed by atoms with Crippen molar-refractivity contribution in [1.82, 2.24) is 5.32 Å². The molecule has 0 radical (unpaired) electrons. The van der Waals surface area contributed by atoms with E-state index in [0.29, 0.717) is 24.0 Å². The quantitative estimate of drug-likeness (QED) is 0.773. The SMILES string of the molecule is CC(O)(CCc1ccccc1)CNC(=O)CSC1CCCC1. The van der Waals surface area contributed by atoms with Crippen molar-refractivity contribution >= 4 is 17.7 Å². The average molecular weight is 321 g/mol. The van der Waals surface area contributed by atoms with Crippen molar-refractivity contribution in [2.75, 3.05) is 12.3 Å². The molecule has 1 aromatic rings. The summed E-state index contributed by atoms with van der Waals surface area (Å²) in [5, 5.41) is 13.9. The molecule has 2 N–H and O–H groups in total. The molecule has 1 amide bonds. The van der Waals surface area contributed by atoms with Crippen LogP contribution in [0, 0.1) is 0 Å². The fourth-order valence-electron chi connectivity index (χ4n) is 2.74. The maximum Gasteiger partial charge on any atom is 0.230 e. The largest absolute Gasteiger partial charge is 0.388 e. The van der Waals surface area contributed by atoms with Crippen molar-refractivity contribution in [2.45, 2.75) is 56.3 Å². The highest BCUT2D eigenvalue weighted by Gasteiger charge is 2.22. The van der Waals surface area contributed by atoms with Crippen LogP contribution in [0.1, 0.15) is 44.6 Å². The predicted molar refractivity (Wildman–Crippen MR) is 93.1 cm³/mol. The van der Waals surface area contributed by atoms with Gasteiger partial charge < -0.3 is 10.4 Å². The molecule has 1 aliphatic carbocycles. The molecule has 22 heavy (non-hydrogen) atoms. The summed E-state index contributed by atoms with van der Waals surface area (Å²) < 4.78 is 0. The summed E-state index contributed by atoms with van der Waals surface area (Å²) in [6.07, 6.45) is 6.55. The van der Waals surface area contributed by atoms with Gasteiger partial charge in [0, 0.05) is 11.8 Å². The standard InChI is InChI=1S/C18H27NO2S/c1-18(21,12-11-15-7-3-2-4-8-15)14-19-17(20)13-22-16-9-5-6-10-16/h2-4,7-8,16,21H,5-6,9-14H2,1H3,(H,19,20). The van der Waals surface area contributed by atoms with Gasteiger partial charge in [0.1, 0.15) is 0 Å². The second-order valence-electron chi connectivity index (χ2n) is 6.48. The Morgan fingerprint density at radius 1 is 1.32 bits per heavy atom. The molecule has 2 rings (SSSR count). The number of benzene rings is 1. The van der Waals surface area contributed by atoms with Crippen molar-refractivity contribution in [3.05, 3.63) is 35.9 Å². The van der Waals surface area contributed by atoms with E-state index in [1.807, 2.05) is 18.2 Å². The summed E-state index contributed by atoms with van der Waals surface area (Å²) in [6.45, 7) is 2.12. The van der Waals surface area contributed by atoms with Gasteiger partial charge in [-0.15, -0.1) is 11.8 Å². The maximum absolute atomic E-state index is 11.9. The number of hydrogen-bond donors (Lipinski definition) is 2. The van der Waals surface area contributed by atoms with E-state index in [2.05, 4.69) is 17.4 Å². The number of carbonyl (C=O) groups excluding carboxylic acids is 1. The van der Waals surface area contributed by atoms with Crippen LogP contribution in [0.2, 0.25) is 0 Å². The minimum Gasteiger partial charge on any atom is -0.388 e. The van der Waals surface area contributed by atoms with Gasteiger partial charge in [-0.05, 0) is 38.2 Å². The molecular weight excluding hydrogens is 294 g/mol. The van der Waals surface area contributed by atoms with Gasteiger partial charge in [0.05, 0.1) is 11.4 Å². The third-order valence-corrected chi connectivity index (χ3v) is 5.59. The second kappa shape index (κ2) is 8.59. The molecule has 1 saturated carbocycles. The van der Waals surface area contributed by atoms with Gasteiger partial charge in [-0.25, -0.2) is 0 Å². The van der Waals surface area contributed by atoms with Gasteiger partial charge in [0.2, 0.25) is 5.91 Å². The van der Waals surface area contributed by atoms with Crippen LogP contribution in [0.15, 0.2) is 30.3 Å². The first-order valence-electron chi connectivity index (χ1n) is 8.20. The lowest BCUT2D eigenvalue weighted by atomic mass is 9.97. The number of hydrogen-bond acceptors (Lipinski definition) is 3. The fraction of sp³-hybridized carbons (Fsp3) is 0.611. The van der Waals surface area contributed by atoms with E-state index in [1.165, 1.54) is 31.2 Å². The van der Waals surface area contributed by atoms with Crippen molar-refractivity contribution < 1.29 is 9.90 Å². The van der Waals surface area contributed by atoms with Crippen molar-refractivity contribution in [1.29, 1.82) is 0 Å². The summed E-state index contributed by atoms with van der Waals surface area (Å²) in [7, 11) is 0. The highest BCUT2D eigenvalue weighted by Crippen LogP contribution is 2.29. The molecule has 1 atom stereocenters. The van der Waals surface area contributed by atoms with Crippen LogP contribution < -0.4 is 5.32 Å². The molecule has 1 aliphatic rings. The first kappa shape index (κ1) is 17.4. The van der Waals surface area contributed by atoms with Gasteiger partial charge in [-0.3, -0.25) is 4.79 Å². The Bertz CT molecular complexity index is 455. The smallest absolute Gasteiger partial charge is 0.230 e. The Balaban J connectivity index is 1.64. The van der Waals surface area contributed by atoms with Crippen molar-refractivity contribution in [3.63, 3.8) is 0 Å². The van der Waals surface area contributed by atoms with Crippen LogP contribution in [0.25, 0.3) is 0 Å². The molecule has 0 bridgehead atoms. The van der Waals surface area contributed by atoms with Crippen molar-refractivity contribution in [2.24, 2.45) is 0 Å². The summed E-state index contributed by atoms with van der Waals surface area (Å²) in [5.41, 5.74) is 0.356. The molecule has 0 saturated heterocycles. The van der Waals surface area contributed by atoms with E-state index in [1.54, 1.807) is 18.7 Å². The van der Waals surface area contributed by atoms with Crippen molar-refractivity contribution in [3.8, 4) is 0 Å². The molecule has 3 nitrogen and oxygen atoms in total. The highest BCUT2D eigenvalue weighted by atomic mass is 32.2. The van der Waals surface area contributed by atoms with Gasteiger partial charge in [0.25, 0.3) is 0 Å². The average Bonchev–Trinajstić information content (AvgIpc) is 3.04. The summed E-state index contributed by atoms with van der Waals surface area (Å²) >= 11 is 1.76. The molecule has 0 aliphatic heterocycles. The maximum atomic E-state index is 11.9. The van der Waals surface area contributed by atoms with Crippen LogP contribution >= 0.6 is 11.8 Å².